The average Bonchev–Trinajstić information content (AvgIpc) is 2.91. The highest BCUT2D eigenvalue weighted by molar-refractivity contribution is 5.76. The quantitative estimate of drug-likeness (QED) is 0.811. The van der Waals surface area contributed by atoms with Crippen LogP contribution < -0.4 is 0 Å². The molecule has 5 heteroatoms. The number of hydrogen-bond acceptors (Lipinski definition) is 4. The standard InChI is InChI=1S/C23H37N3O2/c1-19-4-6-20(7-5-19)8-9-23(28)26-16-21(14-22(17-26)18-27)15-25-11-3-10-24(2)12-13-25/h4-7,21-22,27H,3,8-18H2,1-2H3/t21-,22+/m1/s1. The fourth-order valence-corrected chi connectivity index (χ4v) is 4.60. The number of piperidine rings is 1. The summed E-state index contributed by atoms with van der Waals surface area (Å²) in [7, 11) is 2.19. The maximum atomic E-state index is 12.9. The van der Waals surface area contributed by atoms with Crippen LogP contribution in [0.5, 0.6) is 0 Å². The van der Waals surface area contributed by atoms with E-state index in [-0.39, 0.29) is 18.4 Å². The summed E-state index contributed by atoms with van der Waals surface area (Å²) in [6, 6.07) is 8.46. The second-order valence-electron chi connectivity index (χ2n) is 8.89. The minimum absolute atomic E-state index is 0.182. The molecule has 1 aromatic carbocycles. The first kappa shape index (κ1) is 21.3. The molecular formula is C23H37N3O2. The molecule has 1 aromatic rings. The van der Waals surface area contributed by atoms with Crippen LogP contribution in [-0.4, -0.2) is 85.2 Å². The Morgan fingerprint density at radius 2 is 1.82 bits per heavy atom. The van der Waals surface area contributed by atoms with Gasteiger partial charge in [0.2, 0.25) is 5.91 Å². The van der Waals surface area contributed by atoms with Crippen molar-refractivity contribution in [3.8, 4) is 0 Å². The lowest BCUT2D eigenvalue weighted by Gasteiger charge is -2.39. The number of likely N-dealkylation sites (tertiary alicyclic amines) is 1. The van der Waals surface area contributed by atoms with Gasteiger partial charge in [-0.2, -0.15) is 0 Å². The van der Waals surface area contributed by atoms with Crippen LogP contribution in [0.15, 0.2) is 24.3 Å². The van der Waals surface area contributed by atoms with Gasteiger partial charge in [0.15, 0.2) is 0 Å². The second kappa shape index (κ2) is 10.4. The summed E-state index contributed by atoms with van der Waals surface area (Å²) in [6.07, 6.45) is 3.60. The molecular weight excluding hydrogens is 350 g/mol. The highest BCUT2D eigenvalue weighted by Crippen LogP contribution is 2.24. The zero-order chi connectivity index (χ0) is 19.9. The van der Waals surface area contributed by atoms with E-state index in [1.165, 1.54) is 24.1 Å². The van der Waals surface area contributed by atoms with Crippen LogP contribution in [0, 0.1) is 18.8 Å². The van der Waals surface area contributed by atoms with E-state index in [1.807, 2.05) is 4.90 Å². The summed E-state index contributed by atoms with van der Waals surface area (Å²) in [4.78, 5) is 19.8. The molecule has 28 heavy (non-hydrogen) atoms. The highest BCUT2D eigenvalue weighted by atomic mass is 16.3. The second-order valence-corrected chi connectivity index (χ2v) is 8.89. The molecule has 0 saturated carbocycles. The molecule has 1 amide bonds. The molecule has 0 aliphatic carbocycles. The van der Waals surface area contributed by atoms with Crippen molar-refractivity contribution in [2.45, 2.75) is 32.6 Å². The van der Waals surface area contributed by atoms with Crippen molar-refractivity contribution in [2.24, 2.45) is 11.8 Å². The van der Waals surface area contributed by atoms with Gasteiger partial charge in [-0.05, 0) is 63.7 Å². The zero-order valence-electron chi connectivity index (χ0n) is 17.6. The molecule has 2 aliphatic heterocycles. The molecule has 0 aromatic heterocycles. The number of carbonyl (C=O) groups excluding carboxylic acids is 1. The summed E-state index contributed by atoms with van der Waals surface area (Å²) in [5, 5.41) is 9.77. The SMILES string of the molecule is Cc1ccc(CCC(=O)N2C[C@@H](CN3CCCN(C)CC3)C[C@H](CO)C2)cc1. The third-order valence-electron chi connectivity index (χ3n) is 6.31. The normalized spacial score (nSPS) is 24.9. The van der Waals surface area contributed by atoms with Gasteiger partial charge in [-0.15, -0.1) is 0 Å². The number of nitrogens with zero attached hydrogens (tertiary/aromatic N) is 3. The van der Waals surface area contributed by atoms with Gasteiger partial charge >= 0.3 is 0 Å². The van der Waals surface area contributed by atoms with E-state index in [0.717, 1.165) is 45.6 Å². The number of amides is 1. The van der Waals surface area contributed by atoms with Crippen molar-refractivity contribution >= 4 is 5.91 Å². The summed E-state index contributed by atoms with van der Waals surface area (Å²) in [6.45, 7) is 9.41. The molecule has 2 fully saturated rings. The summed E-state index contributed by atoms with van der Waals surface area (Å²) in [5.41, 5.74) is 2.47. The van der Waals surface area contributed by atoms with Crippen molar-refractivity contribution in [1.82, 2.24) is 14.7 Å². The van der Waals surface area contributed by atoms with E-state index in [9.17, 15) is 9.90 Å². The first-order chi connectivity index (χ1) is 13.5. The number of aryl methyl sites for hydroxylation is 2. The van der Waals surface area contributed by atoms with Gasteiger partial charge in [0.05, 0.1) is 0 Å². The zero-order valence-corrected chi connectivity index (χ0v) is 17.6. The Morgan fingerprint density at radius 1 is 1.07 bits per heavy atom. The van der Waals surface area contributed by atoms with Crippen LogP contribution in [0.25, 0.3) is 0 Å². The van der Waals surface area contributed by atoms with Crippen molar-refractivity contribution in [3.63, 3.8) is 0 Å². The Labute approximate surface area is 170 Å². The first-order valence-electron chi connectivity index (χ1n) is 10.9. The number of rotatable bonds is 6. The lowest BCUT2D eigenvalue weighted by Crippen LogP contribution is -2.48. The molecule has 3 rings (SSSR count). The Kier molecular flexibility index (Phi) is 7.89. The molecule has 156 valence electrons. The van der Waals surface area contributed by atoms with Gasteiger partial charge in [0, 0.05) is 45.8 Å². The van der Waals surface area contributed by atoms with Gasteiger partial charge in [-0.1, -0.05) is 29.8 Å². The van der Waals surface area contributed by atoms with Crippen molar-refractivity contribution in [3.05, 3.63) is 35.4 Å². The monoisotopic (exact) mass is 387 g/mol. The lowest BCUT2D eigenvalue weighted by atomic mass is 9.88. The number of carbonyl (C=O) groups is 1. The Bertz CT molecular complexity index is 619. The Balaban J connectivity index is 1.53. The van der Waals surface area contributed by atoms with E-state index in [0.29, 0.717) is 18.9 Å². The third-order valence-corrected chi connectivity index (χ3v) is 6.31. The van der Waals surface area contributed by atoms with Crippen LogP contribution >= 0.6 is 0 Å². The summed E-state index contributed by atoms with van der Waals surface area (Å²) < 4.78 is 0. The van der Waals surface area contributed by atoms with Crippen LogP contribution in [0.3, 0.4) is 0 Å². The predicted octanol–water partition coefficient (Wildman–Crippen LogP) is 2.02. The maximum absolute atomic E-state index is 12.9. The number of aliphatic hydroxyl groups excluding tert-OH is 1. The lowest BCUT2D eigenvalue weighted by molar-refractivity contribution is -0.134. The Hall–Kier alpha value is -1.43. The summed E-state index contributed by atoms with van der Waals surface area (Å²) >= 11 is 0. The Morgan fingerprint density at radius 3 is 2.57 bits per heavy atom. The molecule has 0 spiro atoms. The van der Waals surface area contributed by atoms with Crippen molar-refractivity contribution in [1.29, 1.82) is 0 Å². The van der Waals surface area contributed by atoms with Crippen molar-refractivity contribution in [2.75, 3.05) is 59.5 Å². The van der Waals surface area contributed by atoms with Gasteiger partial charge in [-0.3, -0.25) is 4.79 Å². The molecule has 0 bridgehead atoms. The van der Waals surface area contributed by atoms with Gasteiger partial charge < -0.3 is 19.8 Å². The molecule has 0 unspecified atom stereocenters. The van der Waals surface area contributed by atoms with E-state index in [2.05, 4.69) is 48.0 Å². The summed E-state index contributed by atoms with van der Waals surface area (Å²) in [5.74, 6) is 0.925. The minimum Gasteiger partial charge on any atom is -0.396 e. The molecule has 2 heterocycles. The number of hydrogen-bond donors (Lipinski definition) is 1. The van der Waals surface area contributed by atoms with Gasteiger partial charge in [-0.25, -0.2) is 0 Å². The third kappa shape index (κ3) is 6.29. The van der Waals surface area contributed by atoms with Gasteiger partial charge in [0.25, 0.3) is 0 Å². The fourth-order valence-electron chi connectivity index (χ4n) is 4.60. The van der Waals surface area contributed by atoms with Crippen molar-refractivity contribution < 1.29 is 9.90 Å². The minimum atomic E-state index is 0.182. The number of likely N-dealkylation sites (N-methyl/N-ethyl adjacent to an activating group) is 1. The maximum Gasteiger partial charge on any atom is 0.222 e. The number of benzene rings is 1. The van der Waals surface area contributed by atoms with E-state index in [1.54, 1.807) is 0 Å². The molecule has 0 radical (unpaired) electrons. The van der Waals surface area contributed by atoms with Crippen LogP contribution in [0.4, 0.5) is 0 Å². The van der Waals surface area contributed by atoms with E-state index >= 15 is 0 Å². The molecule has 2 atom stereocenters. The van der Waals surface area contributed by atoms with Crippen LogP contribution in [-0.2, 0) is 11.2 Å². The smallest absolute Gasteiger partial charge is 0.222 e. The highest BCUT2D eigenvalue weighted by Gasteiger charge is 2.30. The first-order valence-corrected chi connectivity index (χ1v) is 10.9. The molecule has 5 nitrogen and oxygen atoms in total. The van der Waals surface area contributed by atoms with E-state index < -0.39 is 0 Å². The average molecular weight is 388 g/mol. The predicted molar refractivity (Wildman–Crippen MR) is 113 cm³/mol. The van der Waals surface area contributed by atoms with E-state index in [4.69, 9.17) is 0 Å². The molecule has 1 N–H and O–H groups in total. The van der Waals surface area contributed by atoms with Crippen LogP contribution in [0.1, 0.15) is 30.4 Å². The van der Waals surface area contributed by atoms with Crippen LogP contribution in [0.2, 0.25) is 0 Å². The molecule has 2 saturated heterocycles. The topological polar surface area (TPSA) is 47.0 Å². The fraction of sp³-hybridized carbons (Fsp3) is 0.696. The largest absolute Gasteiger partial charge is 0.396 e. The molecule has 2 aliphatic rings. The number of aliphatic hydroxyl groups is 1. The van der Waals surface area contributed by atoms with Gasteiger partial charge in [0.1, 0.15) is 0 Å².